The van der Waals surface area contributed by atoms with Gasteiger partial charge in [0.1, 0.15) is 0 Å². The number of nitrogens with one attached hydrogen (secondary N) is 1. The van der Waals surface area contributed by atoms with E-state index in [1.165, 1.54) is 0 Å². The van der Waals surface area contributed by atoms with Crippen LogP contribution in [0.1, 0.15) is 25.8 Å². The highest BCUT2D eigenvalue weighted by molar-refractivity contribution is 5.82. The minimum atomic E-state index is -0.564. The van der Waals surface area contributed by atoms with Gasteiger partial charge in [0.15, 0.2) is 0 Å². The van der Waals surface area contributed by atoms with Crippen molar-refractivity contribution in [1.82, 2.24) is 5.32 Å². The second-order valence-corrected chi connectivity index (χ2v) is 5.14. The molecule has 0 spiro atoms. The molecule has 0 saturated heterocycles. The molecule has 0 saturated carbocycles. The third-order valence-corrected chi connectivity index (χ3v) is 2.83. The average molecular weight is 250 g/mol. The number of hydrogen-bond donors (Lipinski definition) is 3. The Kier molecular flexibility index (Phi) is 5.31. The van der Waals surface area contributed by atoms with Crippen molar-refractivity contribution >= 4 is 5.91 Å². The summed E-state index contributed by atoms with van der Waals surface area (Å²) >= 11 is 0. The standard InChI is InChI=1S/C14H22N2O2/c1-14(2,8-9-17)16-13(18)12(15)10-11-6-4-3-5-7-11/h3-7,12,17H,8-10,15H2,1-2H3,(H,16,18). The van der Waals surface area contributed by atoms with E-state index < -0.39 is 11.6 Å². The first-order valence-corrected chi connectivity index (χ1v) is 6.17. The summed E-state index contributed by atoms with van der Waals surface area (Å²) in [6.07, 6.45) is 1.03. The maximum Gasteiger partial charge on any atom is 0.237 e. The lowest BCUT2D eigenvalue weighted by Crippen LogP contribution is -2.51. The van der Waals surface area contributed by atoms with Crippen LogP contribution in [0.4, 0.5) is 0 Å². The molecule has 4 N–H and O–H groups in total. The first-order valence-electron chi connectivity index (χ1n) is 6.17. The number of carbonyl (C=O) groups is 1. The van der Waals surface area contributed by atoms with Gasteiger partial charge < -0.3 is 16.2 Å². The second kappa shape index (κ2) is 6.52. The van der Waals surface area contributed by atoms with E-state index in [0.717, 1.165) is 5.56 Å². The maximum absolute atomic E-state index is 11.9. The quantitative estimate of drug-likeness (QED) is 0.700. The highest BCUT2D eigenvalue weighted by Gasteiger charge is 2.23. The molecule has 1 aromatic carbocycles. The van der Waals surface area contributed by atoms with Gasteiger partial charge in [-0.15, -0.1) is 0 Å². The van der Waals surface area contributed by atoms with Crippen molar-refractivity contribution in [2.24, 2.45) is 5.73 Å². The average Bonchev–Trinajstić information content (AvgIpc) is 2.29. The predicted molar refractivity (Wildman–Crippen MR) is 72.0 cm³/mol. The van der Waals surface area contributed by atoms with Crippen molar-refractivity contribution in [3.05, 3.63) is 35.9 Å². The summed E-state index contributed by atoms with van der Waals surface area (Å²) in [4.78, 5) is 11.9. The normalized spacial score (nSPS) is 13.1. The smallest absolute Gasteiger partial charge is 0.237 e. The van der Waals surface area contributed by atoms with Crippen LogP contribution in [0.15, 0.2) is 30.3 Å². The van der Waals surface area contributed by atoms with Gasteiger partial charge in [-0.25, -0.2) is 0 Å². The Morgan fingerprint density at radius 2 is 2.00 bits per heavy atom. The highest BCUT2D eigenvalue weighted by Crippen LogP contribution is 2.08. The first kappa shape index (κ1) is 14.7. The zero-order valence-corrected chi connectivity index (χ0v) is 11.0. The molecule has 4 nitrogen and oxygen atoms in total. The van der Waals surface area contributed by atoms with Crippen molar-refractivity contribution in [3.63, 3.8) is 0 Å². The van der Waals surface area contributed by atoms with Crippen LogP contribution < -0.4 is 11.1 Å². The fraction of sp³-hybridized carbons (Fsp3) is 0.500. The number of aliphatic hydroxyl groups excluding tert-OH is 1. The molecule has 0 aliphatic rings. The van der Waals surface area contributed by atoms with Crippen LogP contribution in [-0.2, 0) is 11.2 Å². The minimum Gasteiger partial charge on any atom is -0.396 e. The van der Waals surface area contributed by atoms with Crippen LogP contribution in [0.2, 0.25) is 0 Å². The van der Waals surface area contributed by atoms with Gasteiger partial charge in [-0.1, -0.05) is 30.3 Å². The number of rotatable bonds is 6. The minimum absolute atomic E-state index is 0.0429. The van der Waals surface area contributed by atoms with Crippen LogP contribution in [0.3, 0.4) is 0 Å². The van der Waals surface area contributed by atoms with Gasteiger partial charge in [0.25, 0.3) is 0 Å². The largest absolute Gasteiger partial charge is 0.396 e. The number of benzene rings is 1. The van der Waals surface area contributed by atoms with E-state index in [2.05, 4.69) is 5.32 Å². The molecule has 4 heteroatoms. The molecule has 0 aliphatic carbocycles. The lowest BCUT2D eigenvalue weighted by atomic mass is 9.99. The number of amides is 1. The van der Waals surface area contributed by atoms with Gasteiger partial charge in [-0.3, -0.25) is 4.79 Å². The van der Waals surface area contributed by atoms with Gasteiger partial charge >= 0.3 is 0 Å². The van der Waals surface area contributed by atoms with Crippen molar-refractivity contribution < 1.29 is 9.90 Å². The van der Waals surface area contributed by atoms with Crippen LogP contribution in [0, 0.1) is 0 Å². The lowest BCUT2D eigenvalue weighted by Gasteiger charge is -2.27. The van der Waals surface area contributed by atoms with Gasteiger partial charge in [0, 0.05) is 12.1 Å². The molecule has 0 fully saturated rings. The van der Waals surface area contributed by atoms with Gasteiger partial charge in [0.2, 0.25) is 5.91 Å². The SMILES string of the molecule is CC(C)(CCO)NC(=O)C(N)Cc1ccccc1. The molecule has 0 radical (unpaired) electrons. The lowest BCUT2D eigenvalue weighted by molar-refractivity contribution is -0.124. The number of nitrogens with two attached hydrogens (primary N) is 1. The number of carbonyl (C=O) groups excluding carboxylic acids is 1. The molecule has 0 bridgehead atoms. The molecular formula is C14H22N2O2. The summed E-state index contributed by atoms with van der Waals surface area (Å²) in [6.45, 7) is 3.79. The van der Waals surface area contributed by atoms with E-state index in [-0.39, 0.29) is 12.5 Å². The third-order valence-electron chi connectivity index (χ3n) is 2.83. The zero-order valence-electron chi connectivity index (χ0n) is 11.0. The molecule has 1 rings (SSSR count). The zero-order chi connectivity index (χ0) is 13.6. The maximum atomic E-state index is 11.9. The molecule has 0 aliphatic heterocycles. The first-order chi connectivity index (χ1) is 8.44. The van der Waals surface area contributed by atoms with Crippen molar-refractivity contribution in [2.45, 2.75) is 38.3 Å². The van der Waals surface area contributed by atoms with E-state index in [4.69, 9.17) is 10.8 Å². The molecule has 18 heavy (non-hydrogen) atoms. The van der Waals surface area contributed by atoms with Crippen LogP contribution in [0.25, 0.3) is 0 Å². The van der Waals surface area contributed by atoms with E-state index in [1.54, 1.807) is 0 Å². The van der Waals surface area contributed by atoms with Crippen LogP contribution in [0.5, 0.6) is 0 Å². The van der Waals surface area contributed by atoms with Gasteiger partial charge in [-0.05, 0) is 32.3 Å². The molecule has 0 aromatic heterocycles. The summed E-state index contributed by atoms with van der Waals surface area (Å²) in [5.41, 5.74) is 6.49. The van der Waals surface area contributed by atoms with E-state index >= 15 is 0 Å². The Morgan fingerprint density at radius 3 is 2.56 bits per heavy atom. The molecule has 1 unspecified atom stereocenters. The summed E-state index contributed by atoms with van der Waals surface area (Å²) < 4.78 is 0. The molecule has 100 valence electrons. The Bertz CT molecular complexity index is 377. The van der Waals surface area contributed by atoms with Gasteiger partial charge in [-0.2, -0.15) is 0 Å². The highest BCUT2D eigenvalue weighted by atomic mass is 16.3. The Balaban J connectivity index is 2.52. The topological polar surface area (TPSA) is 75.3 Å². The molecule has 1 amide bonds. The summed E-state index contributed by atoms with van der Waals surface area (Å²) in [6, 6.07) is 9.12. The van der Waals surface area contributed by atoms with Crippen molar-refractivity contribution in [3.8, 4) is 0 Å². The molecular weight excluding hydrogens is 228 g/mol. The second-order valence-electron chi connectivity index (χ2n) is 5.14. The van der Waals surface area contributed by atoms with Crippen molar-refractivity contribution in [2.75, 3.05) is 6.61 Å². The Morgan fingerprint density at radius 1 is 1.39 bits per heavy atom. The number of hydrogen-bond acceptors (Lipinski definition) is 3. The third kappa shape index (κ3) is 4.85. The Hall–Kier alpha value is -1.39. The van der Waals surface area contributed by atoms with E-state index in [1.807, 2.05) is 44.2 Å². The van der Waals surface area contributed by atoms with Crippen LogP contribution >= 0.6 is 0 Å². The Labute approximate surface area is 108 Å². The summed E-state index contributed by atoms with van der Waals surface area (Å²) in [5.74, 6) is -0.183. The van der Waals surface area contributed by atoms with Gasteiger partial charge in [0.05, 0.1) is 6.04 Å². The predicted octanol–water partition coefficient (Wildman–Crippen LogP) is 0.834. The molecule has 1 aromatic rings. The molecule has 0 heterocycles. The van der Waals surface area contributed by atoms with Crippen molar-refractivity contribution in [1.29, 1.82) is 0 Å². The fourth-order valence-corrected chi connectivity index (χ4v) is 1.73. The fourth-order valence-electron chi connectivity index (χ4n) is 1.73. The summed E-state index contributed by atoms with van der Waals surface area (Å²) in [5, 5.41) is 11.8. The molecule has 1 atom stereocenters. The number of aliphatic hydroxyl groups is 1. The monoisotopic (exact) mass is 250 g/mol. The van der Waals surface area contributed by atoms with E-state index in [9.17, 15) is 4.79 Å². The van der Waals surface area contributed by atoms with Crippen LogP contribution in [-0.4, -0.2) is 29.2 Å². The summed E-state index contributed by atoms with van der Waals surface area (Å²) in [7, 11) is 0. The van der Waals surface area contributed by atoms with E-state index in [0.29, 0.717) is 12.8 Å².